The van der Waals surface area contributed by atoms with Gasteiger partial charge >= 0.3 is 0 Å². The second-order valence-corrected chi connectivity index (χ2v) is 3.43. The number of nitrogens with one attached hydrogen (secondary N) is 1. The zero-order chi connectivity index (χ0) is 11.0. The summed E-state index contributed by atoms with van der Waals surface area (Å²) in [5.74, 6) is 0.686. The average molecular weight is 199 g/mol. The molecule has 0 saturated heterocycles. The van der Waals surface area contributed by atoms with Crippen molar-refractivity contribution in [1.29, 1.82) is 5.41 Å². The van der Waals surface area contributed by atoms with Gasteiger partial charge in [0.15, 0.2) is 5.96 Å². The van der Waals surface area contributed by atoms with Crippen LogP contribution in [0, 0.1) is 5.41 Å². The third-order valence-electron chi connectivity index (χ3n) is 2.53. The highest BCUT2D eigenvalue weighted by molar-refractivity contribution is 5.76. The number of hydrogen-bond donors (Lipinski definition) is 1. The van der Waals surface area contributed by atoms with Crippen LogP contribution in [0.15, 0.2) is 0 Å². The lowest BCUT2D eigenvalue weighted by Crippen LogP contribution is -2.43. The fourth-order valence-electron chi connectivity index (χ4n) is 1.49. The van der Waals surface area contributed by atoms with Crippen molar-refractivity contribution >= 4 is 5.96 Å². The Morgan fingerprint density at radius 2 is 1.43 bits per heavy atom. The van der Waals surface area contributed by atoms with Gasteiger partial charge in [-0.15, -0.1) is 0 Å². The molecule has 0 aromatic rings. The highest BCUT2D eigenvalue weighted by Crippen LogP contribution is 2.00. The molecule has 0 spiro atoms. The molecule has 0 rings (SSSR count). The summed E-state index contributed by atoms with van der Waals surface area (Å²) < 4.78 is 0. The van der Waals surface area contributed by atoms with E-state index in [-0.39, 0.29) is 0 Å². The minimum absolute atomic E-state index is 0.686. The lowest BCUT2D eigenvalue weighted by Gasteiger charge is -2.31. The number of nitrogens with zero attached hydrogens (tertiary/aromatic N) is 2. The van der Waals surface area contributed by atoms with Crippen LogP contribution in [0.4, 0.5) is 0 Å². The van der Waals surface area contributed by atoms with Gasteiger partial charge in [0.1, 0.15) is 0 Å². The first-order chi connectivity index (χ1) is 6.71. The quantitative estimate of drug-likeness (QED) is 0.526. The van der Waals surface area contributed by atoms with Crippen molar-refractivity contribution in [2.45, 2.75) is 40.5 Å². The Kier molecular flexibility index (Phi) is 7.25. The Hall–Kier alpha value is -0.730. The predicted octanol–water partition coefficient (Wildman–Crippen LogP) is 2.38. The first-order valence-electron chi connectivity index (χ1n) is 5.79. The lowest BCUT2D eigenvalue weighted by atomic mass is 10.3. The van der Waals surface area contributed by atoms with Gasteiger partial charge < -0.3 is 9.80 Å². The molecule has 0 aliphatic carbocycles. The summed E-state index contributed by atoms with van der Waals surface area (Å²) in [4.78, 5) is 4.25. The summed E-state index contributed by atoms with van der Waals surface area (Å²) in [5.41, 5.74) is 0. The van der Waals surface area contributed by atoms with E-state index >= 15 is 0 Å². The van der Waals surface area contributed by atoms with E-state index in [0.717, 1.165) is 26.2 Å². The molecule has 0 aliphatic heterocycles. The Morgan fingerprint density at radius 1 is 0.929 bits per heavy atom. The van der Waals surface area contributed by atoms with Crippen LogP contribution >= 0.6 is 0 Å². The summed E-state index contributed by atoms with van der Waals surface area (Å²) in [7, 11) is 0. The van der Waals surface area contributed by atoms with Crippen molar-refractivity contribution in [1.82, 2.24) is 9.80 Å². The molecule has 0 bridgehead atoms. The molecule has 0 heterocycles. The van der Waals surface area contributed by atoms with Crippen molar-refractivity contribution in [3.63, 3.8) is 0 Å². The maximum Gasteiger partial charge on any atom is 0.193 e. The summed E-state index contributed by atoms with van der Waals surface area (Å²) in [5, 5.41) is 8.03. The van der Waals surface area contributed by atoms with Crippen molar-refractivity contribution in [2.75, 3.05) is 26.2 Å². The molecule has 3 nitrogen and oxygen atoms in total. The largest absolute Gasteiger partial charge is 0.344 e. The van der Waals surface area contributed by atoms with Gasteiger partial charge in [0.2, 0.25) is 0 Å². The molecule has 14 heavy (non-hydrogen) atoms. The van der Waals surface area contributed by atoms with Crippen LogP contribution in [0.2, 0.25) is 0 Å². The van der Waals surface area contributed by atoms with Crippen LogP contribution in [0.25, 0.3) is 0 Å². The van der Waals surface area contributed by atoms with E-state index in [9.17, 15) is 0 Å². The van der Waals surface area contributed by atoms with E-state index in [1.807, 2.05) is 0 Å². The van der Waals surface area contributed by atoms with Gasteiger partial charge in [0, 0.05) is 26.2 Å². The standard InChI is InChI=1S/C11H25N3/c1-5-9-10-14(8-4)11(12)13(6-2)7-3/h12H,5-10H2,1-4H3. The Bertz CT molecular complexity index is 153. The first-order valence-corrected chi connectivity index (χ1v) is 5.79. The minimum atomic E-state index is 0.686. The molecule has 84 valence electrons. The van der Waals surface area contributed by atoms with E-state index in [0.29, 0.717) is 5.96 Å². The molecule has 0 radical (unpaired) electrons. The minimum Gasteiger partial charge on any atom is -0.344 e. The molecule has 0 saturated carbocycles. The van der Waals surface area contributed by atoms with E-state index in [1.165, 1.54) is 12.8 Å². The highest BCUT2D eigenvalue weighted by Gasteiger charge is 2.11. The summed E-state index contributed by atoms with van der Waals surface area (Å²) in [6.45, 7) is 12.3. The van der Waals surface area contributed by atoms with Crippen LogP contribution in [-0.2, 0) is 0 Å². The summed E-state index contributed by atoms with van der Waals surface area (Å²) >= 11 is 0. The van der Waals surface area contributed by atoms with Gasteiger partial charge in [0.05, 0.1) is 0 Å². The molecule has 0 aromatic heterocycles. The van der Waals surface area contributed by atoms with Crippen LogP contribution in [0.5, 0.6) is 0 Å². The van der Waals surface area contributed by atoms with Crippen LogP contribution in [-0.4, -0.2) is 41.9 Å². The molecule has 1 N–H and O–H groups in total. The first kappa shape index (κ1) is 13.3. The second-order valence-electron chi connectivity index (χ2n) is 3.43. The number of hydrogen-bond acceptors (Lipinski definition) is 1. The molecule has 0 amide bonds. The fraction of sp³-hybridized carbons (Fsp3) is 0.909. The molecule has 0 unspecified atom stereocenters. The van der Waals surface area contributed by atoms with E-state index in [4.69, 9.17) is 5.41 Å². The normalized spacial score (nSPS) is 10.0. The molecule has 0 aromatic carbocycles. The van der Waals surface area contributed by atoms with Crippen molar-refractivity contribution in [2.24, 2.45) is 0 Å². The van der Waals surface area contributed by atoms with Gasteiger partial charge in [0.25, 0.3) is 0 Å². The molecule has 0 atom stereocenters. The Morgan fingerprint density at radius 3 is 1.79 bits per heavy atom. The zero-order valence-electron chi connectivity index (χ0n) is 10.1. The SMILES string of the molecule is CCCCN(CC)C(=N)N(CC)CC. The van der Waals surface area contributed by atoms with Gasteiger partial charge in [-0.3, -0.25) is 5.41 Å². The Labute approximate surface area is 88.6 Å². The van der Waals surface area contributed by atoms with E-state index < -0.39 is 0 Å². The summed E-state index contributed by atoms with van der Waals surface area (Å²) in [6, 6.07) is 0. The van der Waals surface area contributed by atoms with E-state index in [1.54, 1.807) is 0 Å². The number of guanidine groups is 1. The molecular formula is C11H25N3. The summed E-state index contributed by atoms with van der Waals surface area (Å²) in [6.07, 6.45) is 2.37. The topological polar surface area (TPSA) is 30.3 Å². The fourth-order valence-corrected chi connectivity index (χ4v) is 1.49. The molecule has 0 fully saturated rings. The van der Waals surface area contributed by atoms with Crippen molar-refractivity contribution < 1.29 is 0 Å². The smallest absolute Gasteiger partial charge is 0.193 e. The zero-order valence-corrected chi connectivity index (χ0v) is 10.1. The maximum atomic E-state index is 8.03. The van der Waals surface area contributed by atoms with Gasteiger partial charge in [-0.1, -0.05) is 13.3 Å². The maximum absolute atomic E-state index is 8.03. The van der Waals surface area contributed by atoms with Crippen LogP contribution < -0.4 is 0 Å². The van der Waals surface area contributed by atoms with Crippen molar-refractivity contribution in [3.8, 4) is 0 Å². The second kappa shape index (κ2) is 7.65. The van der Waals surface area contributed by atoms with Crippen LogP contribution in [0.1, 0.15) is 40.5 Å². The van der Waals surface area contributed by atoms with E-state index in [2.05, 4.69) is 37.5 Å². The van der Waals surface area contributed by atoms with Gasteiger partial charge in [-0.05, 0) is 27.2 Å². The van der Waals surface area contributed by atoms with Gasteiger partial charge in [-0.2, -0.15) is 0 Å². The average Bonchev–Trinajstić information content (AvgIpc) is 2.21. The highest BCUT2D eigenvalue weighted by atomic mass is 15.3. The number of unbranched alkanes of at least 4 members (excludes halogenated alkanes) is 1. The predicted molar refractivity (Wildman–Crippen MR) is 62.8 cm³/mol. The lowest BCUT2D eigenvalue weighted by molar-refractivity contribution is 0.333. The third-order valence-corrected chi connectivity index (χ3v) is 2.53. The van der Waals surface area contributed by atoms with Crippen LogP contribution in [0.3, 0.4) is 0 Å². The monoisotopic (exact) mass is 199 g/mol. The van der Waals surface area contributed by atoms with Crippen molar-refractivity contribution in [3.05, 3.63) is 0 Å². The van der Waals surface area contributed by atoms with Gasteiger partial charge in [-0.25, -0.2) is 0 Å². The molecular weight excluding hydrogens is 174 g/mol. The molecule has 3 heteroatoms. The number of rotatable bonds is 6. The molecule has 0 aliphatic rings. The Balaban J connectivity index is 4.13. The third kappa shape index (κ3) is 3.99.